The van der Waals surface area contributed by atoms with Crippen molar-refractivity contribution in [1.29, 1.82) is 0 Å². The smallest absolute Gasteiger partial charge is 0.245 e. The molecule has 1 aromatic carbocycles. The number of nitrogens with zero attached hydrogens (tertiary/aromatic N) is 1. The van der Waals surface area contributed by atoms with E-state index in [-0.39, 0.29) is 24.1 Å². The Morgan fingerprint density at radius 2 is 1.95 bits per heavy atom. The molecule has 0 saturated heterocycles. The van der Waals surface area contributed by atoms with E-state index in [0.29, 0.717) is 12.2 Å². The first-order valence-electron chi connectivity index (χ1n) is 6.40. The van der Waals surface area contributed by atoms with Crippen molar-refractivity contribution < 1.29 is 13.5 Å². The van der Waals surface area contributed by atoms with Crippen molar-refractivity contribution in [2.45, 2.75) is 31.7 Å². The van der Waals surface area contributed by atoms with Crippen LogP contribution in [0.4, 0.5) is 5.69 Å². The van der Waals surface area contributed by atoms with Crippen LogP contribution >= 0.6 is 0 Å². The van der Waals surface area contributed by atoms with Crippen molar-refractivity contribution in [1.82, 2.24) is 4.31 Å². The molecule has 0 fully saturated rings. The van der Waals surface area contributed by atoms with E-state index in [2.05, 4.69) is 5.32 Å². The zero-order chi connectivity index (χ0) is 14.5. The number of rotatable bonds is 7. The summed E-state index contributed by atoms with van der Waals surface area (Å²) in [7, 11) is -3.60. The van der Waals surface area contributed by atoms with Gasteiger partial charge in [-0.25, -0.2) is 8.42 Å². The van der Waals surface area contributed by atoms with Crippen LogP contribution in [-0.2, 0) is 10.0 Å². The molecule has 0 aliphatic carbocycles. The summed E-state index contributed by atoms with van der Waals surface area (Å²) in [6.07, 6.45) is 0. The molecule has 19 heavy (non-hydrogen) atoms. The average Bonchev–Trinajstić information content (AvgIpc) is 2.36. The average molecular weight is 286 g/mol. The standard InChI is InChI=1S/C13H22N2O3S/c1-4-14-12-7-5-6-8-13(12)19(17,18)15(9-10-16)11(2)3/h5-8,11,14,16H,4,9-10H2,1-3H3. The van der Waals surface area contributed by atoms with Crippen LogP contribution in [0.5, 0.6) is 0 Å². The molecule has 0 spiro atoms. The van der Waals surface area contributed by atoms with Crippen LogP contribution in [0, 0.1) is 0 Å². The fourth-order valence-corrected chi connectivity index (χ4v) is 3.71. The molecule has 0 aliphatic rings. The summed E-state index contributed by atoms with van der Waals surface area (Å²) in [6.45, 7) is 6.05. The maximum absolute atomic E-state index is 12.6. The van der Waals surface area contributed by atoms with E-state index in [0.717, 1.165) is 0 Å². The molecular formula is C13H22N2O3S. The van der Waals surface area contributed by atoms with E-state index in [1.165, 1.54) is 4.31 Å². The fraction of sp³-hybridized carbons (Fsp3) is 0.538. The molecule has 6 heteroatoms. The van der Waals surface area contributed by atoms with Gasteiger partial charge in [0.1, 0.15) is 4.90 Å². The Hall–Kier alpha value is -1.11. The van der Waals surface area contributed by atoms with E-state index in [9.17, 15) is 8.42 Å². The third-order valence-electron chi connectivity index (χ3n) is 2.74. The number of benzene rings is 1. The van der Waals surface area contributed by atoms with Gasteiger partial charge in [-0.1, -0.05) is 12.1 Å². The van der Waals surface area contributed by atoms with Crippen LogP contribution in [0.3, 0.4) is 0 Å². The maximum Gasteiger partial charge on any atom is 0.245 e. The summed E-state index contributed by atoms with van der Waals surface area (Å²) in [5, 5.41) is 12.1. The van der Waals surface area contributed by atoms with Crippen molar-refractivity contribution in [3.05, 3.63) is 24.3 Å². The Morgan fingerprint density at radius 1 is 1.32 bits per heavy atom. The Labute approximate surface area is 115 Å². The van der Waals surface area contributed by atoms with Crippen LogP contribution in [0.25, 0.3) is 0 Å². The summed E-state index contributed by atoms with van der Waals surface area (Å²) >= 11 is 0. The summed E-state index contributed by atoms with van der Waals surface area (Å²) in [5.74, 6) is 0. The van der Waals surface area contributed by atoms with Gasteiger partial charge in [-0.3, -0.25) is 0 Å². The molecule has 1 aromatic rings. The fourth-order valence-electron chi connectivity index (χ4n) is 1.91. The van der Waals surface area contributed by atoms with Crippen LogP contribution < -0.4 is 5.32 Å². The molecule has 0 aliphatic heterocycles. The number of sulfonamides is 1. The van der Waals surface area contributed by atoms with E-state index in [1.54, 1.807) is 38.1 Å². The highest BCUT2D eigenvalue weighted by atomic mass is 32.2. The monoisotopic (exact) mass is 286 g/mol. The van der Waals surface area contributed by atoms with Crippen molar-refractivity contribution in [3.63, 3.8) is 0 Å². The third kappa shape index (κ3) is 3.68. The lowest BCUT2D eigenvalue weighted by atomic mass is 10.3. The molecule has 0 atom stereocenters. The first kappa shape index (κ1) is 15.9. The molecule has 0 unspecified atom stereocenters. The summed E-state index contributed by atoms with van der Waals surface area (Å²) in [4.78, 5) is 0.249. The van der Waals surface area contributed by atoms with Crippen molar-refractivity contribution in [2.75, 3.05) is 25.0 Å². The topological polar surface area (TPSA) is 69.6 Å². The zero-order valence-corrected chi connectivity index (χ0v) is 12.4. The van der Waals surface area contributed by atoms with Crippen LogP contribution in [-0.4, -0.2) is 43.6 Å². The lowest BCUT2D eigenvalue weighted by Gasteiger charge is -2.26. The van der Waals surface area contributed by atoms with Crippen molar-refractivity contribution in [3.8, 4) is 0 Å². The molecule has 0 saturated carbocycles. The number of anilines is 1. The Kier molecular flexibility index (Phi) is 5.78. The largest absolute Gasteiger partial charge is 0.395 e. The molecule has 0 aromatic heterocycles. The Balaban J connectivity index is 3.25. The van der Waals surface area contributed by atoms with E-state index in [1.807, 2.05) is 6.92 Å². The number of aliphatic hydroxyl groups excluding tert-OH is 1. The lowest BCUT2D eigenvalue weighted by Crippen LogP contribution is -2.39. The third-order valence-corrected chi connectivity index (χ3v) is 4.87. The molecule has 108 valence electrons. The summed E-state index contributed by atoms with van der Waals surface area (Å²) in [6, 6.07) is 6.62. The minimum atomic E-state index is -3.60. The normalized spacial score (nSPS) is 12.1. The Morgan fingerprint density at radius 3 is 2.47 bits per heavy atom. The van der Waals surface area contributed by atoms with Gasteiger partial charge in [0.15, 0.2) is 0 Å². The first-order valence-corrected chi connectivity index (χ1v) is 7.84. The van der Waals surface area contributed by atoms with E-state index in [4.69, 9.17) is 5.11 Å². The molecule has 2 N–H and O–H groups in total. The van der Waals surface area contributed by atoms with Gasteiger partial charge in [0.25, 0.3) is 0 Å². The quantitative estimate of drug-likeness (QED) is 0.797. The van der Waals surface area contributed by atoms with E-state index >= 15 is 0 Å². The predicted molar refractivity (Wildman–Crippen MR) is 76.7 cm³/mol. The highest BCUT2D eigenvalue weighted by Crippen LogP contribution is 2.25. The molecular weight excluding hydrogens is 264 g/mol. The Bertz CT molecular complexity index is 500. The first-order chi connectivity index (χ1) is 8.95. The summed E-state index contributed by atoms with van der Waals surface area (Å²) < 4.78 is 26.6. The highest BCUT2D eigenvalue weighted by molar-refractivity contribution is 7.89. The molecule has 0 radical (unpaired) electrons. The zero-order valence-electron chi connectivity index (χ0n) is 11.6. The number of aliphatic hydroxyl groups is 1. The molecule has 0 amide bonds. The minimum Gasteiger partial charge on any atom is -0.395 e. The minimum absolute atomic E-state index is 0.0977. The van der Waals surface area contributed by atoms with Crippen molar-refractivity contribution >= 4 is 15.7 Å². The molecule has 0 bridgehead atoms. The van der Waals surface area contributed by atoms with Gasteiger partial charge in [0.2, 0.25) is 10.0 Å². The van der Waals surface area contributed by atoms with Gasteiger partial charge < -0.3 is 10.4 Å². The second kappa shape index (κ2) is 6.88. The van der Waals surface area contributed by atoms with Gasteiger partial charge in [0.05, 0.1) is 12.3 Å². The number of para-hydroxylation sites is 1. The van der Waals surface area contributed by atoms with Crippen LogP contribution in [0.2, 0.25) is 0 Å². The molecule has 0 heterocycles. The van der Waals surface area contributed by atoms with Gasteiger partial charge in [-0.05, 0) is 32.9 Å². The summed E-state index contributed by atoms with van der Waals surface area (Å²) in [5.41, 5.74) is 0.591. The van der Waals surface area contributed by atoms with Gasteiger partial charge in [-0.15, -0.1) is 0 Å². The predicted octanol–water partition coefficient (Wildman–Crippen LogP) is 1.51. The molecule has 5 nitrogen and oxygen atoms in total. The lowest BCUT2D eigenvalue weighted by molar-refractivity contribution is 0.236. The number of nitrogens with one attached hydrogen (secondary N) is 1. The maximum atomic E-state index is 12.6. The SMILES string of the molecule is CCNc1ccccc1S(=O)(=O)N(CCO)C(C)C. The number of hydrogen-bond donors (Lipinski definition) is 2. The van der Waals surface area contributed by atoms with Crippen molar-refractivity contribution in [2.24, 2.45) is 0 Å². The van der Waals surface area contributed by atoms with Gasteiger partial charge in [-0.2, -0.15) is 4.31 Å². The van der Waals surface area contributed by atoms with E-state index < -0.39 is 10.0 Å². The second-order valence-corrected chi connectivity index (χ2v) is 6.32. The van der Waals surface area contributed by atoms with Gasteiger partial charge >= 0.3 is 0 Å². The van der Waals surface area contributed by atoms with Crippen LogP contribution in [0.15, 0.2) is 29.2 Å². The van der Waals surface area contributed by atoms with Gasteiger partial charge in [0, 0.05) is 19.1 Å². The second-order valence-electron chi connectivity index (χ2n) is 4.46. The highest BCUT2D eigenvalue weighted by Gasteiger charge is 2.28. The van der Waals surface area contributed by atoms with Crippen LogP contribution in [0.1, 0.15) is 20.8 Å². The number of hydrogen-bond acceptors (Lipinski definition) is 4. The molecule has 1 rings (SSSR count).